The molecule has 1 saturated heterocycles. The minimum absolute atomic E-state index is 0.0896. The van der Waals surface area contributed by atoms with E-state index in [0.29, 0.717) is 31.0 Å². The number of amides is 1. The first-order chi connectivity index (χ1) is 13.1. The maximum Gasteiger partial charge on any atom is 0.270 e. The Hall–Kier alpha value is -3.48. The maximum atomic E-state index is 12.6. The summed E-state index contributed by atoms with van der Waals surface area (Å²) < 4.78 is 5.95. The van der Waals surface area contributed by atoms with Gasteiger partial charge in [0.05, 0.1) is 17.0 Å². The summed E-state index contributed by atoms with van der Waals surface area (Å²) in [6.45, 7) is 0.968. The molecule has 0 aliphatic carbocycles. The van der Waals surface area contributed by atoms with Crippen molar-refractivity contribution in [2.45, 2.75) is 12.5 Å². The molecule has 7 heteroatoms. The number of hydrogen-bond donors (Lipinski definition) is 0. The Kier molecular flexibility index (Phi) is 4.42. The number of fused-ring (bicyclic) bond motifs is 1. The van der Waals surface area contributed by atoms with Crippen LogP contribution in [0.15, 0.2) is 60.7 Å². The summed E-state index contributed by atoms with van der Waals surface area (Å²) in [6.07, 6.45) is 0.538. The Morgan fingerprint density at radius 2 is 2.00 bits per heavy atom. The second kappa shape index (κ2) is 7.03. The number of carbonyl (C=O) groups excluding carboxylic acids is 1. The Balaban J connectivity index is 1.44. The number of likely N-dealkylation sites (tertiary alicyclic amines) is 1. The largest absolute Gasteiger partial charge is 0.472 e. The van der Waals surface area contributed by atoms with Crippen molar-refractivity contribution in [1.29, 1.82) is 0 Å². The van der Waals surface area contributed by atoms with Gasteiger partial charge in [0.15, 0.2) is 0 Å². The lowest BCUT2D eigenvalue weighted by atomic mass is 10.2. The number of benzene rings is 2. The first-order valence-corrected chi connectivity index (χ1v) is 8.66. The molecule has 1 aromatic heterocycles. The summed E-state index contributed by atoms with van der Waals surface area (Å²) in [5, 5.41) is 11.9. The highest BCUT2D eigenvalue weighted by molar-refractivity contribution is 5.95. The van der Waals surface area contributed by atoms with Gasteiger partial charge in [0.2, 0.25) is 5.88 Å². The predicted molar refractivity (Wildman–Crippen MR) is 99.8 cm³/mol. The van der Waals surface area contributed by atoms with Crippen LogP contribution in [0.3, 0.4) is 0 Å². The predicted octanol–water partition coefficient (Wildman–Crippen LogP) is 3.44. The number of nitro benzene ring substituents is 1. The van der Waals surface area contributed by atoms with Crippen LogP contribution in [0.1, 0.15) is 16.8 Å². The molecular formula is C20H17N3O4. The molecule has 0 saturated carbocycles. The van der Waals surface area contributed by atoms with Crippen molar-refractivity contribution >= 4 is 22.5 Å². The fraction of sp³-hybridized carbons (Fsp3) is 0.200. The van der Waals surface area contributed by atoms with E-state index < -0.39 is 4.92 Å². The standard InChI is InChI=1S/C20H17N3O4/c24-20(15-5-3-6-16(12-15)23(25)26)22-11-10-17(13-22)27-19-9-8-14-4-1-2-7-18(14)21-19/h1-9,12,17H,10-11,13H2. The van der Waals surface area contributed by atoms with E-state index in [-0.39, 0.29) is 17.7 Å². The fourth-order valence-electron chi connectivity index (χ4n) is 3.23. The molecule has 2 heterocycles. The van der Waals surface area contributed by atoms with Gasteiger partial charge in [-0.2, -0.15) is 0 Å². The first-order valence-electron chi connectivity index (χ1n) is 8.66. The molecule has 1 fully saturated rings. The van der Waals surface area contributed by atoms with Gasteiger partial charge in [-0.3, -0.25) is 14.9 Å². The molecule has 0 N–H and O–H groups in total. The van der Waals surface area contributed by atoms with Gasteiger partial charge in [0, 0.05) is 42.1 Å². The molecule has 0 spiro atoms. The third kappa shape index (κ3) is 3.57. The SMILES string of the molecule is O=C(c1cccc([N+](=O)[O-])c1)N1CCC(Oc2ccc3ccccc3n2)C1. The van der Waals surface area contributed by atoms with Gasteiger partial charge in [0.1, 0.15) is 6.10 Å². The number of hydrogen-bond acceptors (Lipinski definition) is 5. The summed E-state index contributed by atoms with van der Waals surface area (Å²) in [6, 6.07) is 17.4. The number of ether oxygens (including phenoxy) is 1. The summed E-state index contributed by atoms with van der Waals surface area (Å²) in [5.74, 6) is 0.305. The summed E-state index contributed by atoms with van der Waals surface area (Å²) in [5.41, 5.74) is 1.08. The number of nitrogens with zero attached hydrogens (tertiary/aromatic N) is 3. The second-order valence-corrected chi connectivity index (χ2v) is 6.43. The van der Waals surface area contributed by atoms with E-state index in [1.165, 1.54) is 18.2 Å². The number of carbonyl (C=O) groups is 1. The van der Waals surface area contributed by atoms with Crippen LogP contribution >= 0.6 is 0 Å². The molecular weight excluding hydrogens is 346 g/mol. The summed E-state index contributed by atoms with van der Waals surface area (Å²) >= 11 is 0. The van der Waals surface area contributed by atoms with Gasteiger partial charge in [-0.25, -0.2) is 4.98 Å². The van der Waals surface area contributed by atoms with Crippen molar-refractivity contribution < 1.29 is 14.5 Å². The summed E-state index contributed by atoms with van der Waals surface area (Å²) in [4.78, 5) is 29.2. The normalized spacial score (nSPS) is 16.4. The third-order valence-corrected chi connectivity index (χ3v) is 4.60. The van der Waals surface area contributed by atoms with Gasteiger partial charge in [0.25, 0.3) is 11.6 Å². The van der Waals surface area contributed by atoms with Crippen molar-refractivity contribution in [1.82, 2.24) is 9.88 Å². The van der Waals surface area contributed by atoms with Crippen molar-refractivity contribution in [3.63, 3.8) is 0 Å². The molecule has 3 aromatic rings. The number of aromatic nitrogens is 1. The van der Waals surface area contributed by atoms with Crippen molar-refractivity contribution in [2.75, 3.05) is 13.1 Å². The molecule has 1 atom stereocenters. The van der Waals surface area contributed by atoms with E-state index in [1.807, 2.05) is 36.4 Å². The van der Waals surface area contributed by atoms with E-state index in [4.69, 9.17) is 4.74 Å². The van der Waals surface area contributed by atoms with Crippen molar-refractivity contribution in [3.05, 3.63) is 76.3 Å². The zero-order valence-electron chi connectivity index (χ0n) is 14.4. The second-order valence-electron chi connectivity index (χ2n) is 6.43. The Morgan fingerprint density at radius 1 is 1.15 bits per heavy atom. The Bertz CT molecular complexity index is 1020. The average Bonchev–Trinajstić information content (AvgIpc) is 3.16. The van der Waals surface area contributed by atoms with Crippen LogP contribution in [0.25, 0.3) is 10.9 Å². The average molecular weight is 363 g/mol. The Morgan fingerprint density at radius 3 is 2.85 bits per heavy atom. The van der Waals surface area contributed by atoms with Crippen molar-refractivity contribution in [2.24, 2.45) is 0 Å². The van der Waals surface area contributed by atoms with Gasteiger partial charge in [-0.05, 0) is 18.2 Å². The van der Waals surface area contributed by atoms with Crippen LogP contribution in [0, 0.1) is 10.1 Å². The van der Waals surface area contributed by atoms with E-state index >= 15 is 0 Å². The number of pyridine rings is 1. The van der Waals surface area contributed by atoms with E-state index in [1.54, 1.807) is 11.0 Å². The molecule has 27 heavy (non-hydrogen) atoms. The van der Waals surface area contributed by atoms with Crippen LogP contribution in [0.2, 0.25) is 0 Å². The number of nitro groups is 1. The van der Waals surface area contributed by atoms with E-state index in [0.717, 1.165) is 10.9 Å². The molecule has 0 bridgehead atoms. The third-order valence-electron chi connectivity index (χ3n) is 4.60. The molecule has 136 valence electrons. The minimum Gasteiger partial charge on any atom is -0.472 e. The zero-order chi connectivity index (χ0) is 18.8. The Labute approximate surface area is 155 Å². The monoisotopic (exact) mass is 363 g/mol. The molecule has 1 aliphatic heterocycles. The lowest BCUT2D eigenvalue weighted by molar-refractivity contribution is -0.384. The van der Waals surface area contributed by atoms with Gasteiger partial charge in [-0.15, -0.1) is 0 Å². The quantitative estimate of drug-likeness (QED) is 0.524. The highest BCUT2D eigenvalue weighted by Gasteiger charge is 2.29. The number of rotatable bonds is 4. The topological polar surface area (TPSA) is 85.6 Å². The molecule has 7 nitrogen and oxygen atoms in total. The minimum atomic E-state index is -0.502. The van der Waals surface area contributed by atoms with Crippen LogP contribution in [0.4, 0.5) is 5.69 Å². The van der Waals surface area contributed by atoms with E-state index in [9.17, 15) is 14.9 Å². The lowest BCUT2D eigenvalue weighted by Gasteiger charge is -2.17. The molecule has 1 amide bonds. The smallest absolute Gasteiger partial charge is 0.270 e. The van der Waals surface area contributed by atoms with E-state index in [2.05, 4.69) is 4.98 Å². The molecule has 4 rings (SSSR count). The number of para-hydroxylation sites is 1. The molecule has 2 aromatic carbocycles. The van der Waals surface area contributed by atoms with Gasteiger partial charge in [-0.1, -0.05) is 24.3 Å². The summed E-state index contributed by atoms with van der Waals surface area (Å²) in [7, 11) is 0. The van der Waals surface area contributed by atoms with Crippen molar-refractivity contribution in [3.8, 4) is 5.88 Å². The molecule has 0 radical (unpaired) electrons. The highest BCUT2D eigenvalue weighted by atomic mass is 16.6. The fourth-order valence-corrected chi connectivity index (χ4v) is 3.23. The van der Waals surface area contributed by atoms with Crippen LogP contribution in [-0.2, 0) is 0 Å². The van der Waals surface area contributed by atoms with Crippen LogP contribution in [0.5, 0.6) is 5.88 Å². The zero-order valence-corrected chi connectivity index (χ0v) is 14.4. The molecule has 1 aliphatic rings. The maximum absolute atomic E-state index is 12.6. The van der Waals surface area contributed by atoms with Gasteiger partial charge < -0.3 is 9.64 Å². The van der Waals surface area contributed by atoms with Gasteiger partial charge >= 0.3 is 0 Å². The van der Waals surface area contributed by atoms with Crippen LogP contribution in [-0.4, -0.2) is 39.9 Å². The number of non-ortho nitro benzene ring substituents is 1. The lowest BCUT2D eigenvalue weighted by Crippen LogP contribution is -2.31. The van der Waals surface area contributed by atoms with Crippen LogP contribution < -0.4 is 4.74 Å². The first kappa shape index (κ1) is 17.0. The highest BCUT2D eigenvalue weighted by Crippen LogP contribution is 2.22. The molecule has 1 unspecified atom stereocenters.